The van der Waals surface area contributed by atoms with Crippen LogP contribution in [0.3, 0.4) is 0 Å². The number of halogens is 1. The molecule has 0 atom stereocenters. The molecular weight excluding hydrogens is 435 g/mol. The molecule has 0 amide bonds. The Morgan fingerprint density at radius 1 is 1.09 bits per heavy atom. The number of imidazole rings is 1. The summed E-state index contributed by atoms with van der Waals surface area (Å²) in [4.78, 5) is 27.5. The highest BCUT2D eigenvalue weighted by Crippen LogP contribution is 2.41. The third-order valence-corrected chi connectivity index (χ3v) is 6.38. The predicted molar refractivity (Wildman–Crippen MR) is 125 cm³/mol. The molecule has 0 aliphatic heterocycles. The van der Waals surface area contributed by atoms with Gasteiger partial charge in [-0.2, -0.15) is 0 Å². The number of benzene rings is 1. The number of aromatic nitrogens is 4. The van der Waals surface area contributed by atoms with Gasteiger partial charge in [0.1, 0.15) is 17.7 Å². The summed E-state index contributed by atoms with van der Waals surface area (Å²) in [5.41, 5.74) is 3.16. The van der Waals surface area contributed by atoms with Crippen LogP contribution in [0.4, 0.5) is 4.39 Å². The highest BCUT2D eigenvalue weighted by Gasteiger charge is 2.45. The van der Waals surface area contributed by atoms with Crippen LogP contribution in [0.2, 0.25) is 0 Å². The van der Waals surface area contributed by atoms with Gasteiger partial charge in [0.25, 0.3) is 0 Å². The van der Waals surface area contributed by atoms with Crippen molar-refractivity contribution in [2.45, 2.75) is 26.2 Å². The first-order chi connectivity index (χ1) is 16.4. The summed E-state index contributed by atoms with van der Waals surface area (Å²) >= 11 is 0. The zero-order valence-corrected chi connectivity index (χ0v) is 18.6. The first kappa shape index (κ1) is 21.8. The average molecular weight is 458 g/mol. The van der Waals surface area contributed by atoms with Crippen molar-refractivity contribution < 1.29 is 19.0 Å². The molecule has 0 unspecified atom stereocenters. The fourth-order valence-electron chi connectivity index (χ4n) is 4.11. The molecule has 1 saturated carbocycles. The first-order valence-corrected chi connectivity index (χ1v) is 11.0. The van der Waals surface area contributed by atoms with E-state index in [0.29, 0.717) is 35.7 Å². The lowest BCUT2D eigenvalue weighted by Crippen LogP contribution is -2.43. The number of pyridine rings is 2. The summed E-state index contributed by atoms with van der Waals surface area (Å²) in [6.07, 6.45) is 6.95. The Kier molecular flexibility index (Phi) is 5.57. The quantitative estimate of drug-likeness (QED) is 0.391. The number of carbonyl (C=O) groups is 1. The van der Waals surface area contributed by atoms with Crippen LogP contribution in [-0.4, -0.2) is 37.6 Å². The van der Waals surface area contributed by atoms with E-state index in [-0.39, 0.29) is 12.3 Å². The van der Waals surface area contributed by atoms with Gasteiger partial charge in [0.05, 0.1) is 11.9 Å². The molecule has 1 aromatic carbocycles. The summed E-state index contributed by atoms with van der Waals surface area (Å²) < 4.78 is 20.7. The summed E-state index contributed by atoms with van der Waals surface area (Å²) in [6, 6.07) is 12.8. The van der Waals surface area contributed by atoms with Crippen LogP contribution in [-0.2, 0) is 4.79 Å². The molecular formula is C26H23FN4O3. The average Bonchev–Trinajstić information content (AvgIpc) is 3.29. The van der Waals surface area contributed by atoms with Gasteiger partial charge in [-0.25, -0.2) is 19.3 Å². The number of aliphatic carboxylic acids is 1. The maximum Gasteiger partial charge on any atom is 0.313 e. The molecule has 3 aromatic heterocycles. The molecule has 1 aliphatic rings. The molecule has 3 heterocycles. The van der Waals surface area contributed by atoms with E-state index < -0.39 is 17.2 Å². The lowest BCUT2D eigenvalue weighted by molar-refractivity contribution is -0.157. The molecule has 2 N–H and O–H groups in total. The number of carboxylic acids is 1. The van der Waals surface area contributed by atoms with Crippen LogP contribution in [0, 0.1) is 18.2 Å². The Bertz CT molecular complexity index is 1350. The highest BCUT2D eigenvalue weighted by molar-refractivity contribution is 5.76. The number of aryl methyl sites for hydroxylation is 1. The van der Waals surface area contributed by atoms with Gasteiger partial charge in [0.15, 0.2) is 11.6 Å². The van der Waals surface area contributed by atoms with Gasteiger partial charge in [-0.1, -0.05) is 36.8 Å². The number of aromatic amines is 1. The molecule has 0 bridgehead atoms. The van der Waals surface area contributed by atoms with E-state index in [9.17, 15) is 14.3 Å². The minimum atomic E-state index is -0.832. The molecule has 8 heteroatoms. The number of nitrogens with one attached hydrogen (secondary N) is 1. The molecule has 1 aliphatic carbocycles. The van der Waals surface area contributed by atoms with Crippen molar-refractivity contribution in [3.05, 3.63) is 72.4 Å². The summed E-state index contributed by atoms with van der Waals surface area (Å²) in [6.45, 7) is 1.96. The molecule has 0 radical (unpaired) electrons. The Morgan fingerprint density at radius 2 is 1.88 bits per heavy atom. The topological polar surface area (TPSA) is 101 Å². The minimum Gasteiger partial charge on any atom is -0.481 e. The fourth-order valence-corrected chi connectivity index (χ4v) is 4.11. The molecule has 4 aromatic rings. The predicted octanol–water partition coefficient (Wildman–Crippen LogP) is 5.28. The molecule has 1 fully saturated rings. The monoisotopic (exact) mass is 458 g/mol. The SMILES string of the molecule is Cc1cc(OCC2(C(=O)O)CCC2)ncc1-c1cnc(-c2ncc(-c3ccccc3)[nH]2)c(F)c1. The van der Waals surface area contributed by atoms with Gasteiger partial charge in [0.2, 0.25) is 5.88 Å². The Hall–Kier alpha value is -4.07. The van der Waals surface area contributed by atoms with Gasteiger partial charge in [-0.3, -0.25) is 4.79 Å². The largest absolute Gasteiger partial charge is 0.481 e. The van der Waals surface area contributed by atoms with Crippen molar-refractivity contribution in [2.24, 2.45) is 5.41 Å². The molecule has 0 saturated heterocycles. The summed E-state index contributed by atoms with van der Waals surface area (Å²) in [7, 11) is 0. The van der Waals surface area contributed by atoms with Crippen molar-refractivity contribution in [3.63, 3.8) is 0 Å². The zero-order valence-electron chi connectivity index (χ0n) is 18.6. The molecule has 7 nitrogen and oxygen atoms in total. The van der Waals surface area contributed by atoms with E-state index >= 15 is 0 Å². The Morgan fingerprint density at radius 3 is 2.53 bits per heavy atom. The van der Waals surface area contributed by atoms with Crippen molar-refractivity contribution >= 4 is 5.97 Å². The lowest BCUT2D eigenvalue weighted by Gasteiger charge is -2.36. The number of rotatable bonds is 7. The normalized spacial score (nSPS) is 14.4. The molecule has 5 rings (SSSR count). The third kappa shape index (κ3) is 4.03. The summed E-state index contributed by atoms with van der Waals surface area (Å²) in [5.74, 6) is -0.631. The van der Waals surface area contributed by atoms with Crippen LogP contribution in [0.25, 0.3) is 33.9 Å². The molecule has 0 spiro atoms. The van der Waals surface area contributed by atoms with Crippen molar-refractivity contribution in [1.82, 2.24) is 19.9 Å². The van der Waals surface area contributed by atoms with Crippen molar-refractivity contribution in [1.29, 1.82) is 0 Å². The van der Waals surface area contributed by atoms with E-state index in [4.69, 9.17) is 4.74 Å². The van der Waals surface area contributed by atoms with Crippen LogP contribution in [0.15, 0.2) is 61.1 Å². The van der Waals surface area contributed by atoms with Crippen molar-refractivity contribution in [3.8, 4) is 39.8 Å². The zero-order chi connectivity index (χ0) is 23.7. The van der Waals surface area contributed by atoms with Gasteiger partial charge < -0.3 is 14.8 Å². The highest BCUT2D eigenvalue weighted by atomic mass is 19.1. The maximum atomic E-state index is 15.0. The molecule has 172 valence electrons. The second-order valence-electron chi connectivity index (χ2n) is 8.63. The van der Waals surface area contributed by atoms with Gasteiger partial charge >= 0.3 is 5.97 Å². The smallest absolute Gasteiger partial charge is 0.313 e. The summed E-state index contributed by atoms with van der Waals surface area (Å²) in [5, 5.41) is 9.45. The Balaban J connectivity index is 1.34. The first-order valence-electron chi connectivity index (χ1n) is 11.0. The van der Waals surface area contributed by atoms with Crippen molar-refractivity contribution in [2.75, 3.05) is 6.61 Å². The maximum absolute atomic E-state index is 15.0. The van der Waals surface area contributed by atoms with Gasteiger partial charge in [-0.05, 0) is 37.0 Å². The fraction of sp³-hybridized carbons (Fsp3) is 0.231. The number of nitrogens with zero attached hydrogens (tertiary/aromatic N) is 3. The lowest BCUT2D eigenvalue weighted by atomic mass is 9.69. The van der Waals surface area contributed by atoms with Crippen LogP contribution in [0.1, 0.15) is 24.8 Å². The second kappa shape index (κ2) is 8.70. The van der Waals surface area contributed by atoms with Gasteiger partial charge in [0, 0.05) is 29.6 Å². The third-order valence-electron chi connectivity index (χ3n) is 6.38. The number of hydrogen-bond acceptors (Lipinski definition) is 5. The Labute approximate surface area is 195 Å². The standard InChI is InChI=1S/C26H23FN4O3/c1-16-10-22(34-15-26(25(32)33)8-5-9-26)28-13-19(16)18-11-20(27)23(29-12-18)24-30-14-21(31-24)17-6-3-2-4-7-17/h2-4,6-7,10-14H,5,8-9,15H2,1H3,(H,30,31)(H,32,33). The van der Waals surface area contributed by atoms with E-state index in [0.717, 1.165) is 23.2 Å². The van der Waals surface area contributed by atoms with E-state index in [1.165, 1.54) is 6.07 Å². The van der Waals surface area contributed by atoms with Gasteiger partial charge in [-0.15, -0.1) is 0 Å². The number of carboxylic acid groups (broad SMARTS) is 1. The number of hydrogen-bond donors (Lipinski definition) is 2. The second-order valence-corrected chi connectivity index (χ2v) is 8.63. The number of H-pyrrole nitrogens is 1. The van der Waals surface area contributed by atoms with E-state index in [2.05, 4.69) is 19.9 Å². The van der Waals surface area contributed by atoms with E-state index in [1.807, 2.05) is 37.3 Å². The number of ether oxygens (including phenoxy) is 1. The van der Waals surface area contributed by atoms with E-state index in [1.54, 1.807) is 24.7 Å². The van der Waals surface area contributed by atoms with Crippen LogP contribution < -0.4 is 4.74 Å². The van der Waals surface area contributed by atoms with Crippen LogP contribution >= 0.6 is 0 Å². The minimum absolute atomic E-state index is 0.0904. The molecule has 34 heavy (non-hydrogen) atoms. The van der Waals surface area contributed by atoms with Crippen LogP contribution in [0.5, 0.6) is 5.88 Å².